The number of hydrogen-bond donors (Lipinski definition) is 0. The Morgan fingerprint density at radius 1 is 1.19 bits per heavy atom. The van der Waals surface area contributed by atoms with Crippen LogP contribution in [0.2, 0.25) is 0 Å². The molecule has 0 saturated heterocycles. The van der Waals surface area contributed by atoms with Crippen molar-refractivity contribution < 1.29 is 17.7 Å². The van der Waals surface area contributed by atoms with E-state index < -0.39 is 12.1 Å². The minimum Gasteiger partial charge on any atom is -0.329 e. The van der Waals surface area contributed by atoms with Crippen molar-refractivity contribution in [1.29, 1.82) is 0 Å². The van der Waals surface area contributed by atoms with Crippen molar-refractivity contribution in [3.63, 3.8) is 0 Å². The lowest BCUT2D eigenvalue weighted by Gasteiger charge is -2.04. The van der Waals surface area contributed by atoms with Gasteiger partial charge in [-0.2, -0.15) is 18.2 Å². The van der Waals surface area contributed by atoms with Crippen LogP contribution in [0.15, 0.2) is 28.8 Å². The maximum atomic E-state index is 12.4. The molecule has 0 saturated carbocycles. The summed E-state index contributed by atoms with van der Waals surface area (Å²) in [5.41, 5.74) is 1.77. The number of para-hydroxylation sites is 2. The first-order valence-corrected chi connectivity index (χ1v) is 6.27. The molecule has 0 aliphatic heterocycles. The van der Waals surface area contributed by atoms with Gasteiger partial charge in [0.25, 0.3) is 0 Å². The molecule has 1 aromatic carbocycles. The molecule has 5 nitrogen and oxygen atoms in total. The van der Waals surface area contributed by atoms with Crippen LogP contribution in [0.1, 0.15) is 17.5 Å². The number of alkyl halides is 3. The van der Waals surface area contributed by atoms with Crippen molar-refractivity contribution in [2.45, 2.75) is 26.1 Å². The summed E-state index contributed by atoms with van der Waals surface area (Å²) in [7, 11) is 0. The number of imidazole rings is 1. The lowest BCUT2D eigenvalue weighted by molar-refractivity contribution is -0.159. The van der Waals surface area contributed by atoms with E-state index in [0.29, 0.717) is 6.54 Å². The van der Waals surface area contributed by atoms with E-state index in [-0.39, 0.29) is 12.2 Å². The lowest BCUT2D eigenvalue weighted by Crippen LogP contribution is -2.07. The summed E-state index contributed by atoms with van der Waals surface area (Å²) in [6.45, 7) is 2.28. The number of fused-ring (bicyclic) bond motifs is 1. The smallest absolute Gasteiger partial charge is 0.329 e. The molecule has 0 bridgehead atoms. The van der Waals surface area contributed by atoms with E-state index in [9.17, 15) is 13.2 Å². The van der Waals surface area contributed by atoms with Gasteiger partial charge < -0.3 is 9.09 Å². The third kappa shape index (κ3) is 2.61. The molecule has 2 heterocycles. The fraction of sp³-hybridized carbons (Fsp3) is 0.308. The standard InChI is InChI=1S/C13H11F3N4O/c1-8-17-9-4-2-3-5-10(9)20(8)7-6-11-18-12(21-19-11)13(14,15)16/h2-5H,6-7H2,1H3. The van der Waals surface area contributed by atoms with Crippen LogP contribution in [0.5, 0.6) is 0 Å². The minimum absolute atomic E-state index is 0.0273. The fourth-order valence-corrected chi connectivity index (χ4v) is 2.16. The molecule has 0 unspecified atom stereocenters. The van der Waals surface area contributed by atoms with Crippen LogP contribution in [0.4, 0.5) is 13.2 Å². The van der Waals surface area contributed by atoms with Gasteiger partial charge in [-0.05, 0) is 19.1 Å². The lowest BCUT2D eigenvalue weighted by atomic mass is 10.3. The molecule has 0 fully saturated rings. The Balaban J connectivity index is 1.81. The second-order valence-electron chi connectivity index (χ2n) is 4.56. The molecule has 2 aromatic heterocycles. The van der Waals surface area contributed by atoms with Gasteiger partial charge in [0.2, 0.25) is 0 Å². The molecule has 0 aliphatic carbocycles. The van der Waals surface area contributed by atoms with Gasteiger partial charge in [0, 0.05) is 13.0 Å². The van der Waals surface area contributed by atoms with Gasteiger partial charge >= 0.3 is 12.1 Å². The molecule has 110 valence electrons. The van der Waals surface area contributed by atoms with Crippen molar-refractivity contribution in [3.05, 3.63) is 41.8 Å². The average molecular weight is 296 g/mol. The Bertz CT molecular complexity index is 775. The SMILES string of the molecule is Cc1nc2ccccc2n1CCc1noc(C(F)(F)F)n1. The maximum Gasteiger partial charge on any atom is 0.471 e. The largest absolute Gasteiger partial charge is 0.471 e. The zero-order chi connectivity index (χ0) is 15.0. The highest BCUT2D eigenvalue weighted by molar-refractivity contribution is 5.75. The highest BCUT2D eigenvalue weighted by Gasteiger charge is 2.38. The first-order chi connectivity index (χ1) is 9.95. The summed E-state index contributed by atoms with van der Waals surface area (Å²) in [6.07, 6.45) is -4.37. The molecule has 0 amide bonds. The Kier molecular flexibility index (Phi) is 3.15. The number of nitrogens with zero attached hydrogens (tertiary/aromatic N) is 4. The Morgan fingerprint density at radius 3 is 2.67 bits per heavy atom. The topological polar surface area (TPSA) is 56.7 Å². The molecular weight excluding hydrogens is 285 g/mol. The van der Waals surface area contributed by atoms with Crippen LogP contribution in [0.25, 0.3) is 11.0 Å². The second-order valence-corrected chi connectivity index (χ2v) is 4.56. The highest BCUT2D eigenvalue weighted by atomic mass is 19.4. The van der Waals surface area contributed by atoms with Gasteiger partial charge in [0.15, 0.2) is 5.82 Å². The predicted molar refractivity (Wildman–Crippen MR) is 67.5 cm³/mol. The van der Waals surface area contributed by atoms with E-state index in [4.69, 9.17) is 0 Å². The summed E-state index contributed by atoms with van der Waals surface area (Å²) >= 11 is 0. The summed E-state index contributed by atoms with van der Waals surface area (Å²) in [5.74, 6) is -0.500. The van der Waals surface area contributed by atoms with Crippen molar-refractivity contribution in [2.75, 3.05) is 0 Å². The zero-order valence-electron chi connectivity index (χ0n) is 11.1. The molecule has 3 aromatic rings. The van der Waals surface area contributed by atoms with Gasteiger partial charge in [-0.15, -0.1) is 0 Å². The van der Waals surface area contributed by atoms with Crippen LogP contribution < -0.4 is 0 Å². The van der Waals surface area contributed by atoms with Gasteiger partial charge in [0.1, 0.15) is 5.82 Å². The van der Waals surface area contributed by atoms with Crippen LogP contribution in [-0.4, -0.2) is 19.7 Å². The Morgan fingerprint density at radius 2 is 1.95 bits per heavy atom. The molecule has 0 aliphatic rings. The number of hydrogen-bond acceptors (Lipinski definition) is 4. The van der Waals surface area contributed by atoms with E-state index in [1.807, 2.05) is 35.8 Å². The molecule has 0 atom stereocenters. The van der Waals surface area contributed by atoms with Gasteiger partial charge in [-0.25, -0.2) is 4.98 Å². The maximum absolute atomic E-state index is 12.4. The number of benzene rings is 1. The highest BCUT2D eigenvalue weighted by Crippen LogP contribution is 2.27. The third-order valence-electron chi connectivity index (χ3n) is 3.12. The van der Waals surface area contributed by atoms with E-state index in [1.54, 1.807) is 0 Å². The van der Waals surface area contributed by atoms with Crippen molar-refractivity contribution in [3.8, 4) is 0 Å². The van der Waals surface area contributed by atoms with Crippen molar-refractivity contribution >= 4 is 11.0 Å². The normalized spacial score (nSPS) is 12.2. The first kappa shape index (κ1) is 13.6. The number of halogens is 3. The number of aromatic nitrogens is 4. The quantitative estimate of drug-likeness (QED) is 0.745. The van der Waals surface area contributed by atoms with Crippen LogP contribution in [0, 0.1) is 6.92 Å². The minimum atomic E-state index is -4.61. The second kappa shape index (κ2) is 4.87. The third-order valence-corrected chi connectivity index (χ3v) is 3.12. The van der Waals surface area contributed by atoms with Crippen molar-refractivity contribution in [2.24, 2.45) is 0 Å². The van der Waals surface area contributed by atoms with Crippen LogP contribution in [0.3, 0.4) is 0 Å². The molecule has 0 radical (unpaired) electrons. The van der Waals surface area contributed by atoms with Crippen molar-refractivity contribution in [1.82, 2.24) is 19.7 Å². The monoisotopic (exact) mass is 296 g/mol. The fourth-order valence-electron chi connectivity index (χ4n) is 2.16. The van der Waals surface area contributed by atoms with E-state index >= 15 is 0 Å². The van der Waals surface area contributed by atoms with Gasteiger partial charge in [0.05, 0.1) is 11.0 Å². The van der Waals surface area contributed by atoms with Gasteiger partial charge in [-0.1, -0.05) is 17.3 Å². The van der Waals surface area contributed by atoms with E-state index in [2.05, 4.69) is 19.6 Å². The summed E-state index contributed by atoms with van der Waals surface area (Å²) in [6, 6.07) is 7.56. The Hall–Kier alpha value is -2.38. The molecule has 3 rings (SSSR count). The van der Waals surface area contributed by atoms with E-state index in [0.717, 1.165) is 16.9 Å². The Labute approximate surface area is 117 Å². The average Bonchev–Trinajstić information content (AvgIpc) is 3.00. The first-order valence-electron chi connectivity index (χ1n) is 6.27. The molecule has 0 N–H and O–H groups in total. The molecule has 21 heavy (non-hydrogen) atoms. The predicted octanol–water partition coefficient (Wildman–Crippen LogP) is 2.99. The number of rotatable bonds is 3. The van der Waals surface area contributed by atoms with Gasteiger partial charge in [-0.3, -0.25) is 0 Å². The summed E-state index contributed by atoms with van der Waals surface area (Å²) < 4.78 is 43.2. The summed E-state index contributed by atoms with van der Waals surface area (Å²) in [4.78, 5) is 7.74. The zero-order valence-corrected chi connectivity index (χ0v) is 11.1. The molecule has 8 heteroatoms. The summed E-state index contributed by atoms with van der Waals surface area (Å²) in [5, 5.41) is 3.35. The molecular formula is C13H11F3N4O. The van der Waals surface area contributed by atoms with Crippen LogP contribution >= 0.6 is 0 Å². The number of aryl methyl sites for hydroxylation is 3. The van der Waals surface area contributed by atoms with E-state index in [1.165, 1.54) is 0 Å². The van der Waals surface area contributed by atoms with Crippen LogP contribution in [-0.2, 0) is 19.1 Å². The molecule has 0 spiro atoms.